The fourth-order valence-corrected chi connectivity index (χ4v) is 2.38. The van der Waals surface area contributed by atoms with Crippen LogP contribution in [-0.2, 0) is 16.1 Å². The molecule has 0 unspecified atom stereocenters. The molecule has 0 aliphatic rings. The van der Waals surface area contributed by atoms with Gasteiger partial charge in [0, 0.05) is 19.5 Å². The van der Waals surface area contributed by atoms with Crippen LogP contribution in [-0.4, -0.2) is 32.1 Å². The van der Waals surface area contributed by atoms with E-state index in [1.807, 2.05) is 0 Å². The number of nitrogens with one attached hydrogen (secondary N) is 2. The Kier molecular flexibility index (Phi) is 14.2. The second-order valence-electron chi connectivity index (χ2n) is 5.85. The Morgan fingerprint density at radius 2 is 1.92 bits per heavy atom. The fourth-order valence-electron chi connectivity index (χ4n) is 2.38. The van der Waals surface area contributed by atoms with Crippen LogP contribution in [0.4, 0.5) is 0 Å². The molecule has 1 aromatic carbocycles. The molecule has 5 nitrogen and oxygen atoms in total. The highest BCUT2D eigenvalue weighted by molar-refractivity contribution is 14.0. The van der Waals surface area contributed by atoms with Crippen molar-refractivity contribution in [2.45, 2.75) is 52.5 Å². The number of carbonyl (C=O) groups excluding carboxylic acids is 1. The Morgan fingerprint density at radius 3 is 2.60 bits per heavy atom. The number of hydrogen-bond donors (Lipinski definition) is 2. The van der Waals surface area contributed by atoms with Crippen LogP contribution in [0.25, 0.3) is 0 Å². The van der Waals surface area contributed by atoms with Gasteiger partial charge in [-0.05, 0) is 32.3 Å². The van der Waals surface area contributed by atoms with E-state index in [-0.39, 0.29) is 29.9 Å². The molecule has 0 amide bonds. The Balaban J connectivity index is 0.00000576. The Hall–Kier alpha value is -1.31. The van der Waals surface area contributed by atoms with Crippen molar-refractivity contribution >= 4 is 35.9 Å². The van der Waals surface area contributed by atoms with Crippen LogP contribution in [0.1, 0.15) is 50.2 Å². The van der Waals surface area contributed by atoms with Crippen molar-refractivity contribution in [3.63, 3.8) is 0 Å². The van der Waals surface area contributed by atoms with Gasteiger partial charge in [0.25, 0.3) is 0 Å². The summed E-state index contributed by atoms with van der Waals surface area (Å²) in [6.07, 6.45) is 4.63. The SMILES string of the molecule is CCNC(=NCc1cccc(C)c1)NCCCCCCC(=O)OC.I. The number of aryl methyl sites for hydroxylation is 1. The third-order valence-electron chi connectivity index (χ3n) is 3.67. The van der Waals surface area contributed by atoms with Crippen molar-refractivity contribution in [2.24, 2.45) is 4.99 Å². The van der Waals surface area contributed by atoms with Crippen molar-refractivity contribution in [3.8, 4) is 0 Å². The number of aliphatic imine (C=N–C) groups is 1. The lowest BCUT2D eigenvalue weighted by atomic mass is 10.1. The molecule has 0 spiro atoms. The first-order valence-corrected chi connectivity index (χ1v) is 8.80. The van der Waals surface area contributed by atoms with Crippen LogP contribution in [0.2, 0.25) is 0 Å². The highest BCUT2D eigenvalue weighted by Crippen LogP contribution is 2.05. The summed E-state index contributed by atoms with van der Waals surface area (Å²) in [5.74, 6) is 0.736. The lowest BCUT2D eigenvalue weighted by molar-refractivity contribution is -0.140. The summed E-state index contributed by atoms with van der Waals surface area (Å²) < 4.78 is 4.63. The molecule has 2 N–H and O–H groups in total. The van der Waals surface area contributed by atoms with E-state index in [0.29, 0.717) is 13.0 Å². The minimum atomic E-state index is -0.120. The number of halogens is 1. The monoisotopic (exact) mass is 461 g/mol. The second kappa shape index (κ2) is 15.0. The molecule has 0 bridgehead atoms. The number of ether oxygens (including phenoxy) is 1. The molecule has 0 aliphatic carbocycles. The number of rotatable bonds is 10. The van der Waals surface area contributed by atoms with Crippen molar-refractivity contribution in [1.82, 2.24) is 10.6 Å². The van der Waals surface area contributed by atoms with Gasteiger partial charge in [0.05, 0.1) is 13.7 Å². The van der Waals surface area contributed by atoms with E-state index in [1.54, 1.807) is 0 Å². The first-order valence-electron chi connectivity index (χ1n) is 8.80. The highest BCUT2D eigenvalue weighted by atomic mass is 127. The number of nitrogens with zero attached hydrogens (tertiary/aromatic N) is 1. The topological polar surface area (TPSA) is 62.7 Å². The molecule has 0 heterocycles. The number of methoxy groups -OCH3 is 1. The summed E-state index contributed by atoms with van der Waals surface area (Å²) in [4.78, 5) is 15.6. The number of unbranched alkanes of at least 4 members (excludes halogenated alkanes) is 3. The first-order chi connectivity index (χ1) is 11.7. The molecule has 0 aliphatic heterocycles. The maximum absolute atomic E-state index is 11.0. The largest absolute Gasteiger partial charge is 0.469 e. The smallest absolute Gasteiger partial charge is 0.305 e. The van der Waals surface area contributed by atoms with Crippen LogP contribution < -0.4 is 10.6 Å². The molecule has 0 atom stereocenters. The Morgan fingerprint density at radius 1 is 1.16 bits per heavy atom. The van der Waals surface area contributed by atoms with Crippen molar-refractivity contribution < 1.29 is 9.53 Å². The van der Waals surface area contributed by atoms with Crippen molar-refractivity contribution in [1.29, 1.82) is 0 Å². The van der Waals surface area contributed by atoms with Crippen molar-refractivity contribution in [2.75, 3.05) is 20.2 Å². The van der Waals surface area contributed by atoms with Gasteiger partial charge in [0.2, 0.25) is 0 Å². The van der Waals surface area contributed by atoms with Crippen LogP contribution in [0.5, 0.6) is 0 Å². The number of guanidine groups is 1. The molecule has 1 aromatic rings. The van der Waals surface area contributed by atoms with E-state index < -0.39 is 0 Å². The fraction of sp³-hybridized carbons (Fsp3) is 0.579. The minimum absolute atomic E-state index is 0. The second-order valence-corrected chi connectivity index (χ2v) is 5.85. The molecule has 0 fully saturated rings. The third-order valence-corrected chi connectivity index (χ3v) is 3.67. The van der Waals surface area contributed by atoms with Crippen LogP contribution >= 0.6 is 24.0 Å². The van der Waals surface area contributed by atoms with Gasteiger partial charge in [-0.3, -0.25) is 4.79 Å². The number of carbonyl (C=O) groups is 1. The van der Waals surface area contributed by atoms with Gasteiger partial charge in [-0.25, -0.2) is 4.99 Å². The molecule has 142 valence electrons. The summed E-state index contributed by atoms with van der Waals surface area (Å²) in [7, 11) is 1.44. The molecular weight excluding hydrogens is 429 g/mol. The number of hydrogen-bond acceptors (Lipinski definition) is 3. The van der Waals surface area contributed by atoms with Gasteiger partial charge in [-0.2, -0.15) is 0 Å². The van der Waals surface area contributed by atoms with E-state index in [2.05, 4.69) is 58.5 Å². The maximum Gasteiger partial charge on any atom is 0.305 e. The summed E-state index contributed by atoms with van der Waals surface area (Å²) in [5.41, 5.74) is 2.47. The van der Waals surface area contributed by atoms with E-state index in [1.165, 1.54) is 18.2 Å². The molecule has 6 heteroatoms. The van der Waals surface area contributed by atoms with Gasteiger partial charge in [-0.1, -0.05) is 42.7 Å². The predicted molar refractivity (Wildman–Crippen MR) is 115 cm³/mol. The van der Waals surface area contributed by atoms with Gasteiger partial charge < -0.3 is 15.4 Å². The lowest BCUT2D eigenvalue weighted by Gasteiger charge is -2.11. The van der Waals surface area contributed by atoms with Crippen LogP contribution in [0.15, 0.2) is 29.3 Å². The van der Waals surface area contributed by atoms with Gasteiger partial charge >= 0.3 is 5.97 Å². The van der Waals surface area contributed by atoms with Crippen LogP contribution in [0.3, 0.4) is 0 Å². The summed E-state index contributed by atoms with van der Waals surface area (Å²) in [6, 6.07) is 8.42. The predicted octanol–water partition coefficient (Wildman–Crippen LogP) is 3.79. The zero-order valence-electron chi connectivity index (χ0n) is 15.6. The van der Waals surface area contributed by atoms with E-state index >= 15 is 0 Å². The third kappa shape index (κ3) is 11.8. The molecular formula is C19H32IN3O2. The summed E-state index contributed by atoms with van der Waals surface area (Å²) >= 11 is 0. The number of benzene rings is 1. The molecule has 0 radical (unpaired) electrons. The zero-order chi connectivity index (χ0) is 17.6. The minimum Gasteiger partial charge on any atom is -0.469 e. The summed E-state index contributed by atoms with van der Waals surface area (Å²) in [5, 5.41) is 6.63. The van der Waals surface area contributed by atoms with E-state index in [0.717, 1.165) is 44.7 Å². The normalized spacial score (nSPS) is 10.8. The molecule has 25 heavy (non-hydrogen) atoms. The quantitative estimate of drug-likeness (QED) is 0.183. The zero-order valence-corrected chi connectivity index (χ0v) is 18.0. The average Bonchev–Trinajstić information content (AvgIpc) is 2.58. The van der Waals surface area contributed by atoms with Gasteiger partial charge in [0.1, 0.15) is 0 Å². The highest BCUT2D eigenvalue weighted by Gasteiger charge is 2.00. The Labute approximate surface area is 169 Å². The molecule has 1 rings (SSSR count). The molecule has 0 saturated heterocycles. The molecule has 0 aromatic heterocycles. The number of esters is 1. The standard InChI is InChI=1S/C19H31N3O2.HI/c1-4-20-19(22-15-17-11-9-10-16(2)14-17)21-13-8-6-5-7-12-18(23)24-3;/h9-11,14H,4-8,12-13,15H2,1-3H3,(H2,20,21,22);1H. The molecule has 0 saturated carbocycles. The lowest BCUT2D eigenvalue weighted by Crippen LogP contribution is -2.37. The summed E-state index contributed by atoms with van der Waals surface area (Å²) in [6.45, 7) is 6.57. The van der Waals surface area contributed by atoms with Crippen molar-refractivity contribution in [3.05, 3.63) is 35.4 Å². The van der Waals surface area contributed by atoms with Gasteiger partial charge in [0.15, 0.2) is 5.96 Å². The average molecular weight is 461 g/mol. The van der Waals surface area contributed by atoms with E-state index in [9.17, 15) is 4.79 Å². The maximum atomic E-state index is 11.0. The first kappa shape index (κ1) is 23.7. The van der Waals surface area contributed by atoms with Crippen LogP contribution in [0, 0.1) is 6.92 Å². The van der Waals surface area contributed by atoms with E-state index in [4.69, 9.17) is 0 Å². The Bertz CT molecular complexity index is 521. The van der Waals surface area contributed by atoms with Gasteiger partial charge in [-0.15, -0.1) is 24.0 Å².